The van der Waals surface area contributed by atoms with Crippen molar-refractivity contribution < 1.29 is 17.9 Å². The van der Waals surface area contributed by atoms with Crippen LogP contribution in [0.1, 0.15) is 18.1 Å². The van der Waals surface area contributed by atoms with Crippen molar-refractivity contribution in [2.24, 2.45) is 0 Å². The van der Waals surface area contributed by atoms with E-state index in [4.69, 9.17) is 4.74 Å². The lowest BCUT2D eigenvalue weighted by Gasteiger charge is -2.28. The largest absolute Gasteiger partial charge is 0.372 e. The van der Waals surface area contributed by atoms with E-state index >= 15 is 0 Å². The number of ether oxygens (including phenoxy) is 1. The zero-order valence-electron chi connectivity index (χ0n) is 14.6. The van der Waals surface area contributed by atoms with E-state index in [1.165, 1.54) is 4.31 Å². The van der Waals surface area contributed by atoms with Crippen LogP contribution in [-0.4, -0.2) is 38.4 Å². The van der Waals surface area contributed by atoms with Gasteiger partial charge in [0.15, 0.2) is 0 Å². The highest BCUT2D eigenvalue weighted by atomic mass is 32.2. The Morgan fingerprint density at radius 2 is 1.92 bits per heavy atom. The summed E-state index contributed by atoms with van der Waals surface area (Å²) >= 11 is 0. The molecule has 6 nitrogen and oxygen atoms in total. The molecule has 1 amide bonds. The maximum absolute atomic E-state index is 12.8. The minimum absolute atomic E-state index is 0.00208. The van der Waals surface area contributed by atoms with Crippen LogP contribution in [-0.2, 0) is 32.5 Å². The van der Waals surface area contributed by atoms with Crippen LogP contribution in [0.5, 0.6) is 0 Å². The van der Waals surface area contributed by atoms with Gasteiger partial charge in [0.2, 0.25) is 15.9 Å². The summed E-state index contributed by atoms with van der Waals surface area (Å²) in [6.45, 7) is 3.04. The van der Waals surface area contributed by atoms with Gasteiger partial charge in [0, 0.05) is 25.4 Å². The number of amides is 1. The van der Waals surface area contributed by atoms with Crippen molar-refractivity contribution in [3.63, 3.8) is 0 Å². The number of hydrogen-bond acceptors (Lipinski definition) is 4. The molecule has 0 bridgehead atoms. The molecule has 0 aliphatic carbocycles. The van der Waals surface area contributed by atoms with Gasteiger partial charge in [-0.25, -0.2) is 8.42 Å². The normalized spacial score (nSPS) is 14.7. The molecule has 7 heteroatoms. The Labute approximate surface area is 153 Å². The Kier molecular flexibility index (Phi) is 5.70. The van der Waals surface area contributed by atoms with Gasteiger partial charge in [-0.2, -0.15) is 4.31 Å². The molecule has 0 unspecified atom stereocenters. The Bertz CT molecular complexity index is 882. The van der Waals surface area contributed by atoms with E-state index in [1.54, 1.807) is 30.3 Å². The van der Waals surface area contributed by atoms with Crippen molar-refractivity contribution in [3.05, 3.63) is 59.7 Å². The van der Waals surface area contributed by atoms with E-state index in [9.17, 15) is 13.2 Å². The molecule has 138 valence electrons. The second-order valence-corrected chi connectivity index (χ2v) is 8.01. The van der Waals surface area contributed by atoms with Crippen LogP contribution in [0.4, 0.5) is 5.69 Å². The standard InChI is InChI=1S/C19H22N2O4S/c1-2-25-14-19(22)20-17-9-8-15-10-11-21(13-16(15)12-17)26(23,24)18-6-4-3-5-7-18/h3-9,12H,2,10-11,13-14H2,1H3,(H,20,22). The van der Waals surface area contributed by atoms with Gasteiger partial charge in [-0.3, -0.25) is 4.79 Å². The molecule has 0 fully saturated rings. The smallest absolute Gasteiger partial charge is 0.250 e. The van der Waals surface area contributed by atoms with Crippen LogP contribution in [0.3, 0.4) is 0 Å². The summed E-state index contributed by atoms with van der Waals surface area (Å²) in [7, 11) is -3.53. The van der Waals surface area contributed by atoms with Gasteiger partial charge in [0.1, 0.15) is 6.61 Å². The molecule has 0 radical (unpaired) electrons. The topological polar surface area (TPSA) is 75.7 Å². The van der Waals surface area contributed by atoms with Crippen LogP contribution in [0.25, 0.3) is 0 Å². The molecule has 0 aromatic heterocycles. The molecule has 2 aromatic carbocycles. The SMILES string of the molecule is CCOCC(=O)Nc1ccc2c(c1)CN(S(=O)(=O)c1ccccc1)CC2. The Balaban J connectivity index is 1.77. The molecule has 1 aliphatic rings. The van der Waals surface area contributed by atoms with Crippen molar-refractivity contribution in [3.8, 4) is 0 Å². The fourth-order valence-electron chi connectivity index (χ4n) is 2.95. The summed E-state index contributed by atoms with van der Waals surface area (Å²) in [5.41, 5.74) is 2.66. The highest BCUT2D eigenvalue weighted by Gasteiger charge is 2.28. The average Bonchev–Trinajstić information content (AvgIpc) is 2.66. The summed E-state index contributed by atoms with van der Waals surface area (Å²) in [6.07, 6.45) is 0.647. The van der Waals surface area contributed by atoms with Gasteiger partial charge in [0.05, 0.1) is 4.90 Å². The molecule has 2 aromatic rings. The first kappa shape index (κ1) is 18.6. The van der Waals surface area contributed by atoms with Gasteiger partial charge in [-0.15, -0.1) is 0 Å². The molecule has 3 rings (SSSR count). The first-order chi connectivity index (χ1) is 12.5. The third kappa shape index (κ3) is 4.12. The minimum Gasteiger partial charge on any atom is -0.372 e. The van der Waals surface area contributed by atoms with Gasteiger partial charge in [-0.1, -0.05) is 24.3 Å². The van der Waals surface area contributed by atoms with Crippen LogP contribution >= 0.6 is 0 Å². The van der Waals surface area contributed by atoms with E-state index in [-0.39, 0.29) is 12.5 Å². The van der Waals surface area contributed by atoms with E-state index in [0.29, 0.717) is 36.7 Å². The molecule has 0 atom stereocenters. The lowest BCUT2D eigenvalue weighted by Crippen LogP contribution is -2.36. The second kappa shape index (κ2) is 7.99. The number of anilines is 1. The molecule has 1 heterocycles. The number of benzene rings is 2. The predicted molar refractivity (Wildman–Crippen MR) is 99.3 cm³/mol. The number of nitrogens with zero attached hydrogens (tertiary/aromatic N) is 1. The number of carbonyl (C=O) groups is 1. The van der Waals surface area contributed by atoms with Crippen molar-refractivity contribution >= 4 is 21.6 Å². The van der Waals surface area contributed by atoms with E-state index in [2.05, 4.69) is 5.32 Å². The summed E-state index contributed by atoms with van der Waals surface area (Å²) in [5, 5.41) is 2.78. The van der Waals surface area contributed by atoms with Gasteiger partial charge in [-0.05, 0) is 48.7 Å². The molecule has 1 N–H and O–H groups in total. The van der Waals surface area contributed by atoms with Crippen molar-refractivity contribution in [1.29, 1.82) is 0 Å². The Hall–Kier alpha value is -2.22. The van der Waals surface area contributed by atoms with Crippen LogP contribution in [0.15, 0.2) is 53.4 Å². The zero-order chi connectivity index (χ0) is 18.6. The highest BCUT2D eigenvalue weighted by Crippen LogP contribution is 2.27. The molecule has 0 spiro atoms. The summed E-state index contributed by atoms with van der Waals surface area (Å²) in [4.78, 5) is 12.1. The molecule has 0 saturated heterocycles. The molecule has 1 aliphatic heterocycles. The van der Waals surface area contributed by atoms with Crippen molar-refractivity contribution in [2.45, 2.75) is 24.8 Å². The average molecular weight is 374 g/mol. The lowest BCUT2D eigenvalue weighted by molar-refractivity contribution is -0.120. The van der Waals surface area contributed by atoms with Crippen LogP contribution < -0.4 is 5.32 Å². The van der Waals surface area contributed by atoms with Gasteiger partial charge in [0.25, 0.3) is 0 Å². The highest BCUT2D eigenvalue weighted by molar-refractivity contribution is 7.89. The molecular weight excluding hydrogens is 352 g/mol. The van der Waals surface area contributed by atoms with Gasteiger partial charge < -0.3 is 10.1 Å². The maximum atomic E-state index is 12.8. The number of hydrogen-bond donors (Lipinski definition) is 1. The van der Waals surface area contributed by atoms with E-state index in [1.807, 2.05) is 25.1 Å². The summed E-state index contributed by atoms with van der Waals surface area (Å²) in [5.74, 6) is -0.226. The fourth-order valence-corrected chi connectivity index (χ4v) is 4.39. The summed E-state index contributed by atoms with van der Waals surface area (Å²) in [6, 6.07) is 14.1. The van der Waals surface area contributed by atoms with Crippen LogP contribution in [0.2, 0.25) is 0 Å². The maximum Gasteiger partial charge on any atom is 0.250 e. The third-order valence-corrected chi connectivity index (χ3v) is 6.14. The number of sulfonamides is 1. The predicted octanol–water partition coefficient (Wildman–Crippen LogP) is 2.41. The molecular formula is C19H22N2O4S. The zero-order valence-corrected chi connectivity index (χ0v) is 15.5. The van der Waals surface area contributed by atoms with E-state index < -0.39 is 10.0 Å². The Morgan fingerprint density at radius 1 is 1.15 bits per heavy atom. The number of carbonyl (C=O) groups excluding carboxylic acids is 1. The molecule has 0 saturated carbocycles. The summed E-state index contributed by atoms with van der Waals surface area (Å²) < 4.78 is 32.2. The van der Waals surface area contributed by atoms with Crippen LogP contribution in [0, 0.1) is 0 Å². The fraction of sp³-hybridized carbons (Fsp3) is 0.316. The minimum atomic E-state index is -3.53. The second-order valence-electron chi connectivity index (χ2n) is 6.07. The number of nitrogens with one attached hydrogen (secondary N) is 1. The number of fused-ring (bicyclic) bond motifs is 1. The van der Waals surface area contributed by atoms with Crippen molar-refractivity contribution in [2.75, 3.05) is 25.1 Å². The third-order valence-electron chi connectivity index (χ3n) is 4.29. The molecule has 26 heavy (non-hydrogen) atoms. The van der Waals surface area contributed by atoms with Crippen molar-refractivity contribution in [1.82, 2.24) is 4.31 Å². The number of rotatable bonds is 6. The monoisotopic (exact) mass is 374 g/mol. The van der Waals surface area contributed by atoms with Gasteiger partial charge >= 0.3 is 0 Å². The van der Waals surface area contributed by atoms with E-state index in [0.717, 1.165) is 11.1 Å². The quantitative estimate of drug-likeness (QED) is 0.842. The first-order valence-corrected chi connectivity index (χ1v) is 9.99. The Morgan fingerprint density at radius 3 is 2.65 bits per heavy atom. The lowest BCUT2D eigenvalue weighted by atomic mass is 10.0. The first-order valence-electron chi connectivity index (χ1n) is 8.55.